The molecule has 0 saturated carbocycles. The minimum absolute atomic E-state index is 0.105. The lowest BCUT2D eigenvalue weighted by Crippen LogP contribution is -2.09. The van der Waals surface area contributed by atoms with Crippen LogP contribution in [0.4, 0.5) is 5.69 Å². The highest BCUT2D eigenvalue weighted by atomic mass is 35.5. The van der Waals surface area contributed by atoms with Crippen LogP contribution in [-0.4, -0.2) is 14.6 Å². The molecular formula is C20H16ClNO3S. The average Bonchev–Trinajstić information content (AvgIpc) is 2.63. The first-order valence-corrected chi connectivity index (χ1v) is 9.62. The molecule has 0 spiro atoms. The van der Waals surface area contributed by atoms with Crippen molar-refractivity contribution in [2.75, 3.05) is 0 Å². The number of halogens is 1. The molecule has 0 amide bonds. The molecule has 0 aromatic heterocycles. The first-order chi connectivity index (χ1) is 12.4. The SMILES string of the molecule is Cc1ccc(Cl)cc1N=Cc1cccc(OS(=O)(=O)c2ccccc2)c1. The van der Waals surface area contributed by atoms with Crippen LogP contribution in [0.3, 0.4) is 0 Å². The summed E-state index contributed by atoms with van der Waals surface area (Å²) in [5, 5.41) is 0.605. The Labute approximate surface area is 157 Å². The fourth-order valence-electron chi connectivity index (χ4n) is 2.27. The molecule has 0 aliphatic heterocycles. The zero-order valence-corrected chi connectivity index (χ0v) is 15.5. The topological polar surface area (TPSA) is 55.7 Å². The maximum absolute atomic E-state index is 12.3. The Balaban J connectivity index is 1.83. The van der Waals surface area contributed by atoms with Crippen molar-refractivity contribution in [1.29, 1.82) is 0 Å². The van der Waals surface area contributed by atoms with Crippen LogP contribution in [0.15, 0.2) is 82.7 Å². The van der Waals surface area contributed by atoms with Crippen molar-refractivity contribution in [2.24, 2.45) is 4.99 Å². The first-order valence-electron chi connectivity index (χ1n) is 7.84. The molecule has 0 unspecified atom stereocenters. The number of hydrogen-bond donors (Lipinski definition) is 0. The number of aryl methyl sites for hydroxylation is 1. The van der Waals surface area contributed by atoms with Gasteiger partial charge in [-0.2, -0.15) is 8.42 Å². The van der Waals surface area contributed by atoms with Crippen molar-refractivity contribution in [3.8, 4) is 5.75 Å². The number of aliphatic imine (C=N–C) groups is 1. The summed E-state index contributed by atoms with van der Waals surface area (Å²) in [5.41, 5.74) is 2.45. The van der Waals surface area contributed by atoms with E-state index < -0.39 is 10.1 Å². The summed E-state index contributed by atoms with van der Waals surface area (Å²) in [6, 6.07) is 20.2. The molecule has 0 fully saturated rings. The summed E-state index contributed by atoms with van der Waals surface area (Å²) in [7, 11) is -3.87. The summed E-state index contributed by atoms with van der Waals surface area (Å²) in [6.45, 7) is 1.94. The Bertz CT molecular complexity index is 1050. The molecule has 0 saturated heterocycles. The molecular weight excluding hydrogens is 370 g/mol. The Kier molecular flexibility index (Phi) is 5.40. The summed E-state index contributed by atoms with van der Waals surface area (Å²) in [4.78, 5) is 4.52. The second-order valence-electron chi connectivity index (χ2n) is 5.61. The van der Waals surface area contributed by atoms with E-state index in [4.69, 9.17) is 15.8 Å². The van der Waals surface area contributed by atoms with Crippen molar-refractivity contribution >= 4 is 33.6 Å². The Morgan fingerprint density at radius 2 is 1.73 bits per heavy atom. The van der Waals surface area contributed by atoms with E-state index in [-0.39, 0.29) is 10.6 Å². The third kappa shape index (κ3) is 4.50. The lowest BCUT2D eigenvalue weighted by Gasteiger charge is -2.07. The van der Waals surface area contributed by atoms with Crippen LogP contribution in [-0.2, 0) is 10.1 Å². The highest BCUT2D eigenvalue weighted by Gasteiger charge is 2.15. The van der Waals surface area contributed by atoms with Crippen LogP contribution in [0.5, 0.6) is 5.75 Å². The fourth-order valence-corrected chi connectivity index (χ4v) is 3.38. The average molecular weight is 386 g/mol. The lowest BCUT2D eigenvalue weighted by molar-refractivity contribution is 0.486. The number of benzene rings is 3. The predicted octanol–water partition coefficient (Wildman–Crippen LogP) is 5.17. The molecule has 0 aliphatic rings. The second-order valence-corrected chi connectivity index (χ2v) is 7.59. The monoisotopic (exact) mass is 385 g/mol. The zero-order valence-electron chi connectivity index (χ0n) is 14.0. The van der Waals surface area contributed by atoms with E-state index in [9.17, 15) is 8.42 Å². The highest BCUT2D eigenvalue weighted by molar-refractivity contribution is 7.87. The summed E-state index contributed by atoms with van der Waals surface area (Å²) >= 11 is 5.99. The summed E-state index contributed by atoms with van der Waals surface area (Å²) in [5.74, 6) is 0.223. The van der Waals surface area contributed by atoms with Gasteiger partial charge in [-0.25, -0.2) is 0 Å². The van der Waals surface area contributed by atoms with Crippen LogP contribution < -0.4 is 4.18 Å². The van der Waals surface area contributed by atoms with Crippen LogP contribution in [0.25, 0.3) is 0 Å². The van der Waals surface area contributed by atoms with Gasteiger partial charge in [0.2, 0.25) is 0 Å². The molecule has 0 aliphatic carbocycles. The van der Waals surface area contributed by atoms with Gasteiger partial charge in [0.1, 0.15) is 10.6 Å². The van der Waals surface area contributed by atoms with Gasteiger partial charge in [0.05, 0.1) is 5.69 Å². The van der Waals surface area contributed by atoms with Crippen LogP contribution in [0.2, 0.25) is 5.02 Å². The van der Waals surface area contributed by atoms with Gasteiger partial charge in [-0.3, -0.25) is 4.99 Å². The van der Waals surface area contributed by atoms with Crippen LogP contribution >= 0.6 is 11.6 Å². The summed E-state index contributed by atoms with van der Waals surface area (Å²) in [6.07, 6.45) is 1.64. The molecule has 132 valence electrons. The normalized spacial score (nSPS) is 11.6. The summed E-state index contributed by atoms with van der Waals surface area (Å²) < 4.78 is 29.8. The standard InChI is InChI=1S/C20H16ClNO3S/c1-15-10-11-17(21)13-20(15)22-14-16-6-5-7-18(12-16)25-26(23,24)19-8-3-2-4-9-19/h2-14H,1H3. The van der Waals surface area contributed by atoms with E-state index in [1.807, 2.05) is 19.1 Å². The third-order valence-electron chi connectivity index (χ3n) is 3.62. The molecule has 26 heavy (non-hydrogen) atoms. The van der Waals surface area contributed by atoms with Crippen molar-refractivity contribution in [3.63, 3.8) is 0 Å². The Morgan fingerprint density at radius 3 is 2.50 bits per heavy atom. The van der Waals surface area contributed by atoms with Gasteiger partial charge < -0.3 is 4.18 Å². The molecule has 4 nitrogen and oxygen atoms in total. The van der Waals surface area contributed by atoms with Gasteiger partial charge in [-0.05, 0) is 54.4 Å². The molecule has 0 bridgehead atoms. The van der Waals surface area contributed by atoms with E-state index in [1.54, 1.807) is 54.7 Å². The van der Waals surface area contributed by atoms with E-state index >= 15 is 0 Å². The van der Waals surface area contributed by atoms with Crippen LogP contribution in [0, 0.1) is 6.92 Å². The number of rotatable bonds is 5. The maximum Gasteiger partial charge on any atom is 0.339 e. The smallest absolute Gasteiger partial charge is 0.339 e. The largest absolute Gasteiger partial charge is 0.379 e. The van der Waals surface area contributed by atoms with E-state index in [2.05, 4.69) is 4.99 Å². The Hall–Kier alpha value is -2.63. The molecule has 0 N–H and O–H groups in total. The van der Waals surface area contributed by atoms with Gasteiger partial charge in [-0.1, -0.05) is 48.0 Å². The van der Waals surface area contributed by atoms with Crippen molar-refractivity contribution in [2.45, 2.75) is 11.8 Å². The molecule has 0 atom stereocenters. The second kappa shape index (κ2) is 7.72. The van der Waals surface area contributed by atoms with E-state index in [1.165, 1.54) is 12.1 Å². The van der Waals surface area contributed by atoms with E-state index in [0.717, 1.165) is 11.3 Å². The third-order valence-corrected chi connectivity index (χ3v) is 5.12. The predicted molar refractivity (Wildman–Crippen MR) is 104 cm³/mol. The number of nitrogens with zero attached hydrogens (tertiary/aromatic N) is 1. The molecule has 0 heterocycles. The van der Waals surface area contributed by atoms with Gasteiger partial charge in [-0.15, -0.1) is 0 Å². The lowest BCUT2D eigenvalue weighted by atomic mass is 10.2. The fraction of sp³-hybridized carbons (Fsp3) is 0.0500. The molecule has 3 aromatic carbocycles. The zero-order chi connectivity index (χ0) is 18.6. The van der Waals surface area contributed by atoms with Gasteiger partial charge in [0, 0.05) is 11.2 Å². The van der Waals surface area contributed by atoms with Gasteiger partial charge in [0.15, 0.2) is 0 Å². The quantitative estimate of drug-likeness (QED) is 0.450. The molecule has 6 heteroatoms. The van der Waals surface area contributed by atoms with E-state index in [0.29, 0.717) is 10.6 Å². The number of hydrogen-bond acceptors (Lipinski definition) is 4. The Morgan fingerprint density at radius 1 is 0.962 bits per heavy atom. The van der Waals surface area contributed by atoms with Crippen molar-refractivity contribution < 1.29 is 12.6 Å². The van der Waals surface area contributed by atoms with Gasteiger partial charge >= 0.3 is 10.1 Å². The minimum atomic E-state index is -3.87. The molecule has 3 rings (SSSR count). The maximum atomic E-state index is 12.3. The van der Waals surface area contributed by atoms with Crippen molar-refractivity contribution in [3.05, 3.63) is 88.9 Å². The van der Waals surface area contributed by atoms with Crippen molar-refractivity contribution in [1.82, 2.24) is 0 Å². The minimum Gasteiger partial charge on any atom is -0.379 e. The molecule has 0 radical (unpaired) electrons. The van der Waals surface area contributed by atoms with Gasteiger partial charge in [0.25, 0.3) is 0 Å². The highest BCUT2D eigenvalue weighted by Crippen LogP contribution is 2.24. The first kappa shape index (κ1) is 18.2. The van der Waals surface area contributed by atoms with Crippen LogP contribution in [0.1, 0.15) is 11.1 Å². The molecule has 3 aromatic rings.